The van der Waals surface area contributed by atoms with Crippen LogP contribution in [0.3, 0.4) is 0 Å². The summed E-state index contributed by atoms with van der Waals surface area (Å²) in [6.45, 7) is 8.67. The molecule has 0 spiro atoms. The molecule has 0 saturated heterocycles. The van der Waals surface area contributed by atoms with E-state index in [0.717, 1.165) is 0 Å². The molecule has 1 aromatic rings. The van der Waals surface area contributed by atoms with Gasteiger partial charge in [0.15, 0.2) is 0 Å². The lowest BCUT2D eigenvalue weighted by Crippen LogP contribution is -2.33. The molecule has 1 rings (SSSR count). The van der Waals surface area contributed by atoms with Crippen LogP contribution in [0.15, 0.2) is 22.0 Å². The molecule has 0 unspecified atom stereocenters. The maximum atomic E-state index is 12.6. The Morgan fingerprint density at radius 2 is 2.00 bits per heavy atom. The summed E-state index contributed by atoms with van der Waals surface area (Å²) in [5.74, 6) is -1.14. The highest BCUT2D eigenvalue weighted by Crippen LogP contribution is 2.29. The molecule has 0 aliphatic carbocycles. The molecule has 7 heteroatoms. The van der Waals surface area contributed by atoms with Crippen molar-refractivity contribution in [2.24, 2.45) is 0 Å². The lowest BCUT2D eigenvalue weighted by atomic mass is 10.2. The molecule has 0 aliphatic rings. The van der Waals surface area contributed by atoms with Crippen LogP contribution in [0.2, 0.25) is 0 Å². The monoisotopic (exact) mass is 301 g/mol. The first-order valence-corrected chi connectivity index (χ1v) is 7.65. The Morgan fingerprint density at radius 1 is 1.40 bits per heavy atom. The highest BCUT2D eigenvalue weighted by Gasteiger charge is 2.34. The normalized spacial score (nSPS) is 11.8. The van der Waals surface area contributed by atoms with Crippen molar-refractivity contribution in [2.75, 3.05) is 13.1 Å². The van der Waals surface area contributed by atoms with Gasteiger partial charge in [-0.05, 0) is 20.3 Å². The van der Waals surface area contributed by atoms with Crippen LogP contribution < -0.4 is 0 Å². The summed E-state index contributed by atoms with van der Waals surface area (Å²) in [5, 5.41) is 9.20. The molecule has 0 saturated carbocycles. The Labute approximate surface area is 118 Å². The van der Waals surface area contributed by atoms with E-state index in [1.165, 1.54) is 24.2 Å². The van der Waals surface area contributed by atoms with E-state index in [-0.39, 0.29) is 35.1 Å². The molecule has 0 amide bonds. The van der Waals surface area contributed by atoms with Crippen LogP contribution in [0.4, 0.5) is 0 Å². The van der Waals surface area contributed by atoms with Crippen LogP contribution in [0.5, 0.6) is 0 Å². The largest absolute Gasteiger partial charge is 0.478 e. The van der Waals surface area contributed by atoms with Gasteiger partial charge < -0.3 is 9.52 Å². The molecule has 0 bridgehead atoms. The number of aromatic carboxylic acids is 1. The topological polar surface area (TPSA) is 87.8 Å². The van der Waals surface area contributed by atoms with Gasteiger partial charge in [0.25, 0.3) is 0 Å². The van der Waals surface area contributed by atoms with Crippen LogP contribution >= 0.6 is 0 Å². The van der Waals surface area contributed by atoms with Crippen LogP contribution in [-0.4, -0.2) is 36.9 Å². The number of nitrogens with zero attached hydrogens (tertiary/aromatic N) is 1. The number of rotatable bonds is 7. The summed E-state index contributed by atoms with van der Waals surface area (Å²) in [4.78, 5) is 11.0. The third kappa shape index (κ3) is 2.94. The Balaban J connectivity index is 3.48. The molecule has 0 aliphatic heterocycles. The minimum Gasteiger partial charge on any atom is -0.478 e. The number of aryl methyl sites for hydroxylation is 2. The van der Waals surface area contributed by atoms with E-state index in [9.17, 15) is 18.3 Å². The van der Waals surface area contributed by atoms with Crippen molar-refractivity contribution in [3.63, 3.8) is 0 Å². The smallest absolute Gasteiger partial charge is 0.340 e. The number of hydrogen-bond donors (Lipinski definition) is 1. The zero-order valence-electron chi connectivity index (χ0n) is 11.8. The Kier molecular flexibility index (Phi) is 5.13. The highest BCUT2D eigenvalue weighted by atomic mass is 32.2. The van der Waals surface area contributed by atoms with Gasteiger partial charge in [-0.2, -0.15) is 4.31 Å². The fourth-order valence-corrected chi connectivity index (χ4v) is 3.93. The van der Waals surface area contributed by atoms with Gasteiger partial charge in [0, 0.05) is 13.1 Å². The Morgan fingerprint density at radius 3 is 2.45 bits per heavy atom. The molecule has 1 aromatic heterocycles. The van der Waals surface area contributed by atoms with Crippen molar-refractivity contribution < 1.29 is 22.7 Å². The van der Waals surface area contributed by atoms with Gasteiger partial charge >= 0.3 is 5.97 Å². The second-order valence-electron chi connectivity index (χ2n) is 4.38. The van der Waals surface area contributed by atoms with E-state index in [4.69, 9.17) is 4.42 Å². The van der Waals surface area contributed by atoms with Crippen molar-refractivity contribution in [1.29, 1.82) is 0 Å². The van der Waals surface area contributed by atoms with Gasteiger partial charge in [0.2, 0.25) is 10.0 Å². The number of carboxylic acid groups (broad SMARTS) is 1. The quantitative estimate of drug-likeness (QED) is 0.780. The second-order valence-corrected chi connectivity index (χ2v) is 6.25. The standard InChI is InChI=1S/C13H19NO5S/c1-5-7-14(8-6-2)20(17,18)12-10(4)19-9(3)11(12)13(15)16/h5H,1,6-8H2,2-4H3,(H,15,16). The summed E-state index contributed by atoms with van der Waals surface area (Å²) in [6, 6.07) is 0. The van der Waals surface area contributed by atoms with E-state index >= 15 is 0 Å². The molecule has 20 heavy (non-hydrogen) atoms. The van der Waals surface area contributed by atoms with E-state index in [1.54, 1.807) is 0 Å². The summed E-state index contributed by atoms with van der Waals surface area (Å²) in [7, 11) is -3.92. The minimum absolute atomic E-state index is 0.0867. The third-order valence-electron chi connectivity index (χ3n) is 2.82. The number of carbonyl (C=O) groups is 1. The second kappa shape index (κ2) is 6.23. The first-order chi connectivity index (χ1) is 9.27. The number of hydrogen-bond acceptors (Lipinski definition) is 4. The average Bonchev–Trinajstić information content (AvgIpc) is 2.64. The molecule has 6 nitrogen and oxygen atoms in total. The van der Waals surface area contributed by atoms with Gasteiger partial charge in [0.05, 0.1) is 0 Å². The average molecular weight is 301 g/mol. The van der Waals surface area contributed by atoms with E-state index in [2.05, 4.69) is 6.58 Å². The number of furan rings is 1. The third-order valence-corrected chi connectivity index (χ3v) is 4.84. The van der Waals surface area contributed by atoms with Crippen molar-refractivity contribution in [1.82, 2.24) is 4.31 Å². The van der Waals surface area contributed by atoms with Gasteiger partial charge in [-0.3, -0.25) is 0 Å². The van der Waals surface area contributed by atoms with Crippen LogP contribution in [0, 0.1) is 13.8 Å². The minimum atomic E-state index is -3.92. The molecule has 0 aromatic carbocycles. The lowest BCUT2D eigenvalue weighted by molar-refractivity contribution is 0.0691. The van der Waals surface area contributed by atoms with E-state index < -0.39 is 16.0 Å². The zero-order valence-corrected chi connectivity index (χ0v) is 12.7. The first kappa shape index (κ1) is 16.5. The zero-order chi connectivity index (χ0) is 15.5. The first-order valence-electron chi connectivity index (χ1n) is 6.21. The Bertz CT molecular complexity index is 615. The molecule has 112 valence electrons. The van der Waals surface area contributed by atoms with Gasteiger partial charge in [-0.15, -0.1) is 6.58 Å². The predicted octanol–water partition coefficient (Wildman–Crippen LogP) is 2.18. The lowest BCUT2D eigenvalue weighted by Gasteiger charge is -2.19. The fraction of sp³-hybridized carbons (Fsp3) is 0.462. The van der Waals surface area contributed by atoms with Crippen LogP contribution in [-0.2, 0) is 10.0 Å². The van der Waals surface area contributed by atoms with Crippen molar-refractivity contribution >= 4 is 16.0 Å². The maximum absolute atomic E-state index is 12.6. The highest BCUT2D eigenvalue weighted by molar-refractivity contribution is 7.89. The molecule has 0 atom stereocenters. The summed E-state index contributed by atoms with van der Waals surface area (Å²) in [5.41, 5.74) is -0.298. The van der Waals surface area contributed by atoms with Crippen LogP contribution in [0.1, 0.15) is 35.2 Å². The number of sulfonamides is 1. The maximum Gasteiger partial charge on any atom is 0.340 e. The molecule has 0 radical (unpaired) electrons. The van der Waals surface area contributed by atoms with Crippen molar-refractivity contribution in [2.45, 2.75) is 32.1 Å². The van der Waals surface area contributed by atoms with Crippen molar-refractivity contribution in [3.8, 4) is 0 Å². The fourth-order valence-electron chi connectivity index (χ4n) is 2.05. The molecule has 1 heterocycles. The SMILES string of the molecule is C=CCN(CCC)S(=O)(=O)c1c(C)oc(C)c1C(=O)O. The van der Waals surface area contributed by atoms with E-state index in [0.29, 0.717) is 6.42 Å². The number of carboxylic acids is 1. The molecular weight excluding hydrogens is 282 g/mol. The van der Waals surface area contributed by atoms with E-state index in [1.807, 2.05) is 6.92 Å². The van der Waals surface area contributed by atoms with Gasteiger partial charge in [-0.25, -0.2) is 13.2 Å². The predicted molar refractivity (Wildman–Crippen MR) is 74.4 cm³/mol. The Hall–Kier alpha value is -1.60. The molecule has 1 N–H and O–H groups in total. The molecule has 0 fully saturated rings. The van der Waals surface area contributed by atoms with Crippen LogP contribution in [0.25, 0.3) is 0 Å². The molecular formula is C13H19NO5S. The van der Waals surface area contributed by atoms with Gasteiger partial charge in [-0.1, -0.05) is 13.0 Å². The summed E-state index contributed by atoms with van der Waals surface area (Å²) >= 11 is 0. The summed E-state index contributed by atoms with van der Waals surface area (Å²) < 4.78 is 31.6. The van der Waals surface area contributed by atoms with Gasteiger partial charge in [0.1, 0.15) is 22.0 Å². The summed E-state index contributed by atoms with van der Waals surface area (Å²) in [6.07, 6.45) is 2.08. The van der Waals surface area contributed by atoms with Crippen molar-refractivity contribution in [3.05, 3.63) is 29.7 Å².